The molecule has 0 aromatic heterocycles. The Bertz CT molecular complexity index is 1120. The van der Waals surface area contributed by atoms with Gasteiger partial charge in [0.05, 0.1) is 19.3 Å². The SMILES string of the molecule is COc1ccc(C(=O)C2CCN([C@@H]3CN(C(=O)c4ccc(F)cc4)CC[C@H]3O)CC2)cc1.O=C(O)C(=O)O. The van der Waals surface area contributed by atoms with Crippen LogP contribution in [0.15, 0.2) is 48.5 Å². The molecule has 38 heavy (non-hydrogen) atoms. The molecule has 2 aromatic carbocycles. The lowest BCUT2D eigenvalue weighted by Gasteiger charge is -2.44. The summed E-state index contributed by atoms with van der Waals surface area (Å²) in [7, 11) is 1.60. The van der Waals surface area contributed by atoms with Gasteiger partial charge in [-0.2, -0.15) is 0 Å². The number of aliphatic hydroxyl groups excluding tert-OH is 1. The highest BCUT2D eigenvalue weighted by Gasteiger charge is 2.37. The fourth-order valence-electron chi connectivity index (χ4n) is 4.72. The van der Waals surface area contributed by atoms with Gasteiger partial charge in [-0.3, -0.25) is 14.5 Å². The molecule has 2 heterocycles. The number of rotatable bonds is 5. The Balaban J connectivity index is 0.000000599. The summed E-state index contributed by atoms with van der Waals surface area (Å²) >= 11 is 0. The van der Waals surface area contributed by atoms with Crippen LogP contribution in [0.25, 0.3) is 0 Å². The van der Waals surface area contributed by atoms with Gasteiger partial charge in [0.15, 0.2) is 5.78 Å². The maximum absolute atomic E-state index is 13.2. The number of carbonyl (C=O) groups is 4. The lowest BCUT2D eigenvalue weighted by molar-refractivity contribution is -0.159. The van der Waals surface area contributed by atoms with E-state index in [0.717, 1.165) is 18.6 Å². The van der Waals surface area contributed by atoms with Gasteiger partial charge >= 0.3 is 11.9 Å². The van der Waals surface area contributed by atoms with Gasteiger partial charge in [-0.1, -0.05) is 0 Å². The summed E-state index contributed by atoms with van der Waals surface area (Å²) in [5, 5.41) is 25.4. The van der Waals surface area contributed by atoms with Crippen LogP contribution in [-0.2, 0) is 9.59 Å². The highest BCUT2D eigenvalue weighted by molar-refractivity contribution is 6.27. The van der Waals surface area contributed by atoms with Gasteiger partial charge in [0.2, 0.25) is 0 Å². The Labute approximate surface area is 219 Å². The van der Waals surface area contributed by atoms with Gasteiger partial charge in [0.25, 0.3) is 5.91 Å². The number of aliphatic carboxylic acids is 2. The third-order valence-corrected chi connectivity index (χ3v) is 6.85. The molecule has 2 fully saturated rings. The molecule has 0 bridgehead atoms. The second-order valence-electron chi connectivity index (χ2n) is 9.19. The van der Waals surface area contributed by atoms with Crippen LogP contribution in [0.4, 0.5) is 4.39 Å². The number of likely N-dealkylation sites (tertiary alicyclic amines) is 2. The van der Waals surface area contributed by atoms with E-state index in [0.29, 0.717) is 43.7 Å². The van der Waals surface area contributed by atoms with E-state index in [1.54, 1.807) is 36.3 Å². The van der Waals surface area contributed by atoms with Crippen molar-refractivity contribution < 1.29 is 43.6 Å². The van der Waals surface area contributed by atoms with E-state index in [1.807, 2.05) is 0 Å². The highest BCUT2D eigenvalue weighted by atomic mass is 19.1. The number of Topliss-reactive ketones (excluding diaryl/α,β-unsaturated/α-hetero) is 1. The molecule has 3 N–H and O–H groups in total. The van der Waals surface area contributed by atoms with Crippen molar-refractivity contribution in [2.75, 3.05) is 33.3 Å². The minimum atomic E-state index is -1.82. The normalized spacial score (nSPS) is 20.1. The molecule has 10 nitrogen and oxygen atoms in total. The molecule has 0 unspecified atom stereocenters. The molecule has 4 rings (SSSR count). The minimum absolute atomic E-state index is 0.0441. The Morgan fingerprint density at radius 1 is 0.842 bits per heavy atom. The number of amides is 1. The van der Waals surface area contributed by atoms with Crippen LogP contribution in [0.1, 0.15) is 40.0 Å². The predicted octanol–water partition coefficient (Wildman–Crippen LogP) is 2.16. The summed E-state index contributed by atoms with van der Waals surface area (Å²) in [6.45, 7) is 2.30. The fourth-order valence-corrected chi connectivity index (χ4v) is 4.72. The van der Waals surface area contributed by atoms with Gasteiger partial charge < -0.3 is 25.0 Å². The minimum Gasteiger partial charge on any atom is -0.497 e. The van der Waals surface area contributed by atoms with Gasteiger partial charge in [0.1, 0.15) is 11.6 Å². The molecular formula is C27H31FN2O8. The summed E-state index contributed by atoms with van der Waals surface area (Å²) in [4.78, 5) is 47.9. The standard InChI is InChI=1S/C25H29FN2O4.C2H2O4/c1-32-21-8-4-17(5-9-21)24(30)18-10-13-27(14-11-18)22-16-28(15-12-23(22)29)25(31)19-2-6-20(26)7-3-19;3-1(4)2(5)6/h2-9,18,22-23,29H,10-16H2,1H3;(H,3,4)(H,5,6)/t22-,23-;/m1./s1. The van der Waals surface area contributed by atoms with Gasteiger partial charge in [-0.15, -0.1) is 0 Å². The third kappa shape index (κ3) is 7.36. The number of carbonyl (C=O) groups excluding carboxylic acids is 2. The quantitative estimate of drug-likeness (QED) is 0.391. The Hall–Kier alpha value is -3.83. The number of methoxy groups -OCH3 is 1. The number of ketones is 1. The van der Waals surface area contributed by atoms with Crippen LogP contribution < -0.4 is 4.74 Å². The number of carboxylic acid groups (broad SMARTS) is 2. The number of benzene rings is 2. The van der Waals surface area contributed by atoms with Crippen molar-refractivity contribution in [1.29, 1.82) is 0 Å². The highest BCUT2D eigenvalue weighted by Crippen LogP contribution is 2.27. The van der Waals surface area contributed by atoms with E-state index >= 15 is 0 Å². The van der Waals surface area contributed by atoms with Gasteiger partial charge in [0, 0.05) is 30.1 Å². The zero-order valence-electron chi connectivity index (χ0n) is 21.0. The molecule has 2 aliphatic rings. The molecule has 2 aliphatic heterocycles. The number of hydrogen-bond acceptors (Lipinski definition) is 7. The summed E-state index contributed by atoms with van der Waals surface area (Å²) < 4.78 is 18.3. The maximum atomic E-state index is 13.2. The second kappa shape index (κ2) is 13.1. The van der Waals surface area contributed by atoms with Crippen molar-refractivity contribution in [3.63, 3.8) is 0 Å². The first-order valence-electron chi connectivity index (χ1n) is 12.2. The number of nitrogens with zero attached hydrogens (tertiary/aromatic N) is 2. The number of aliphatic hydroxyl groups is 1. The van der Waals surface area contributed by atoms with Crippen molar-refractivity contribution in [2.45, 2.75) is 31.4 Å². The van der Waals surface area contributed by atoms with Crippen molar-refractivity contribution in [2.24, 2.45) is 5.92 Å². The zero-order chi connectivity index (χ0) is 27.8. The van der Waals surface area contributed by atoms with E-state index in [4.69, 9.17) is 24.5 Å². The monoisotopic (exact) mass is 530 g/mol. The molecule has 1 amide bonds. The molecule has 0 radical (unpaired) electrons. The molecule has 2 aromatic rings. The van der Waals surface area contributed by atoms with Crippen molar-refractivity contribution in [1.82, 2.24) is 9.80 Å². The molecule has 0 aliphatic carbocycles. The zero-order valence-corrected chi connectivity index (χ0v) is 21.0. The van der Waals surface area contributed by atoms with E-state index in [1.165, 1.54) is 24.3 Å². The Morgan fingerprint density at radius 3 is 1.92 bits per heavy atom. The van der Waals surface area contributed by atoms with Gasteiger partial charge in [-0.05, 0) is 80.9 Å². The largest absolute Gasteiger partial charge is 0.497 e. The first kappa shape index (κ1) is 28.7. The lowest BCUT2D eigenvalue weighted by atomic mass is 9.87. The van der Waals surface area contributed by atoms with Crippen molar-refractivity contribution in [3.8, 4) is 5.75 Å². The first-order chi connectivity index (χ1) is 18.1. The van der Waals surface area contributed by atoms with E-state index in [2.05, 4.69) is 4.90 Å². The van der Waals surface area contributed by atoms with Crippen LogP contribution in [0.5, 0.6) is 5.75 Å². The number of piperidine rings is 2. The van der Waals surface area contributed by atoms with Crippen LogP contribution in [0.2, 0.25) is 0 Å². The van der Waals surface area contributed by atoms with E-state index in [-0.39, 0.29) is 29.5 Å². The summed E-state index contributed by atoms with van der Waals surface area (Å²) in [5.74, 6) is -3.35. The first-order valence-corrected chi connectivity index (χ1v) is 12.2. The van der Waals surface area contributed by atoms with Crippen LogP contribution >= 0.6 is 0 Å². The van der Waals surface area contributed by atoms with Crippen molar-refractivity contribution >= 4 is 23.6 Å². The average Bonchev–Trinajstić information content (AvgIpc) is 2.93. The topological polar surface area (TPSA) is 145 Å². The molecule has 2 atom stereocenters. The lowest BCUT2D eigenvalue weighted by Crippen LogP contribution is -2.58. The molecule has 0 saturated carbocycles. The molecule has 0 spiro atoms. The van der Waals surface area contributed by atoms with Crippen molar-refractivity contribution in [3.05, 3.63) is 65.5 Å². The fraction of sp³-hybridized carbons (Fsp3) is 0.407. The second-order valence-corrected chi connectivity index (χ2v) is 9.19. The molecular weight excluding hydrogens is 499 g/mol. The molecule has 204 valence electrons. The molecule has 2 saturated heterocycles. The van der Waals surface area contributed by atoms with E-state index in [9.17, 15) is 19.1 Å². The molecule has 11 heteroatoms. The van der Waals surface area contributed by atoms with Crippen LogP contribution in [-0.4, -0.2) is 94.2 Å². The smallest absolute Gasteiger partial charge is 0.414 e. The summed E-state index contributed by atoms with van der Waals surface area (Å²) in [6, 6.07) is 12.6. The Morgan fingerprint density at radius 2 is 1.39 bits per heavy atom. The summed E-state index contributed by atoms with van der Waals surface area (Å²) in [6.07, 6.45) is 1.43. The maximum Gasteiger partial charge on any atom is 0.414 e. The average molecular weight is 531 g/mol. The third-order valence-electron chi connectivity index (χ3n) is 6.85. The van der Waals surface area contributed by atoms with Gasteiger partial charge in [-0.25, -0.2) is 14.0 Å². The Kier molecular flexibility index (Phi) is 9.91. The summed E-state index contributed by atoms with van der Waals surface area (Å²) in [5.41, 5.74) is 1.14. The van der Waals surface area contributed by atoms with E-state index < -0.39 is 18.0 Å². The van der Waals surface area contributed by atoms with Crippen LogP contribution in [0.3, 0.4) is 0 Å². The number of carboxylic acids is 2. The van der Waals surface area contributed by atoms with Crippen LogP contribution in [0, 0.1) is 11.7 Å². The number of halogens is 1. The number of ether oxygens (including phenoxy) is 1. The number of hydrogen-bond donors (Lipinski definition) is 3. The predicted molar refractivity (Wildman–Crippen MR) is 134 cm³/mol.